The van der Waals surface area contributed by atoms with Gasteiger partial charge in [-0.3, -0.25) is 8.98 Å². The Morgan fingerprint density at radius 3 is 2.47 bits per heavy atom. The fraction of sp³-hybridized carbons (Fsp3) is 0.222. The summed E-state index contributed by atoms with van der Waals surface area (Å²) >= 11 is 11.5. The van der Waals surface area contributed by atoms with E-state index < -0.39 is 22.5 Å². The molecule has 0 bridgehead atoms. The Kier molecular flexibility index (Phi) is 4.37. The van der Waals surface area contributed by atoms with Crippen molar-refractivity contribution in [3.8, 4) is 0 Å². The van der Waals surface area contributed by atoms with E-state index in [0.717, 1.165) is 13.2 Å². The zero-order valence-electron chi connectivity index (χ0n) is 8.61. The predicted octanol–water partition coefficient (Wildman–Crippen LogP) is 1.96. The van der Waals surface area contributed by atoms with Gasteiger partial charge in [0, 0.05) is 5.02 Å². The van der Waals surface area contributed by atoms with Crippen molar-refractivity contribution in [1.29, 1.82) is 0 Å². The van der Waals surface area contributed by atoms with Crippen molar-refractivity contribution in [3.63, 3.8) is 0 Å². The van der Waals surface area contributed by atoms with Gasteiger partial charge in [0.1, 0.15) is 4.90 Å². The monoisotopic (exact) mass is 298 g/mol. The molecule has 8 heteroatoms. The molecular formula is C9H8Cl2O5S. The van der Waals surface area contributed by atoms with E-state index in [4.69, 9.17) is 28.3 Å². The maximum Gasteiger partial charge on any atom is 0.307 e. The van der Waals surface area contributed by atoms with E-state index in [0.29, 0.717) is 0 Å². The zero-order valence-corrected chi connectivity index (χ0v) is 10.9. The molecule has 0 spiro atoms. The van der Waals surface area contributed by atoms with Crippen molar-refractivity contribution < 1.29 is 22.5 Å². The lowest BCUT2D eigenvalue weighted by Gasteiger charge is -2.08. The van der Waals surface area contributed by atoms with Gasteiger partial charge in [0.15, 0.2) is 0 Å². The number of carboxylic acids is 1. The van der Waals surface area contributed by atoms with Crippen molar-refractivity contribution in [1.82, 2.24) is 0 Å². The van der Waals surface area contributed by atoms with Crippen LogP contribution in [0.25, 0.3) is 0 Å². The summed E-state index contributed by atoms with van der Waals surface area (Å²) in [5.74, 6) is -1.14. The van der Waals surface area contributed by atoms with Crippen LogP contribution in [0.4, 0.5) is 0 Å². The number of carboxylic acid groups (broad SMARTS) is 1. The van der Waals surface area contributed by atoms with E-state index in [1.165, 1.54) is 6.07 Å². The molecule has 0 unspecified atom stereocenters. The molecule has 1 N–H and O–H groups in total. The molecule has 0 aromatic heterocycles. The first-order valence-corrected chi connectivity index (χ1v) is 6.44. The largest absolute Gasteiger partial charge is 0.481 e. The fourth-order valence-corrected chi connectivity index (χ4v) is 2.75. The van der Waals surface area contributed by atoms with Crippen molar-refractivity contribution in [2.45, 2.75) is 11.3 Å². The summed E-state index contributed by atoms with van der Waals surface area (Å²) in [5.41, 5.74) is 0.113. The van der Waals surface area contributed by atoms with Gasteiger partial charge >= 0.3 is 5.97 Å². The van der Waals surface area contributed by atoms with Gasteiger partial charge in [-0.2, -0.15) is 8.42 Å². The second-order valence-corrected chi connectivity index (χ2v) is 5.56. The van der Waals surface area contributed by atoms with Gasteiger partial charge in [-0.1, -0.05) is 23.2 Å². The first-order chi connectivity index (χ1) is 7.77. The van der Waals surface area contributed by atoms with Crippen LogP contribution < -0.4 is 0 Å². The number of aliphatic carboxylic acids is 1. The van der Waals surface area contributed by atoms with Crippen molar-refractivity contribution >= 4 is 39.3 Å². The Hall–Kier alpha value is -0.820. The third kappa shape index (κ3) is 3.32. The second kappa shape index (κ2) is 5.22. The smallest absolute Gasteiger partial charge is 0.307 e. The Labute approximate surface area is 108 Å². The third-order valence-electron chi connectivity index (χ3n) is 1.91. The Morgan fingerprint density at radius 2 is 2.00 bits per heavy atom. The van der Waals surface area contributed by atoms with Crippen LogP contribution in [0.3, 0.4) is 0 Å². The van der Waals surface area contributed by atoms with Gasteiger partial charge in [-0.25, -0.2) is 0 Å². The predicted molar refractivity (Wildman–Crippen MR) is 62.0 cm³/mol. The molecule has 0 radical (unpaired) electrons. The van der Waals surface area contributed by atoms with E-state index >= 15 is 0 Å². The summed E-state index contributed by atoms with van der Waals surface area (Å²) in [5, 5.41) is 8.53. The van der Waals surface area contributed by atoms with E-state index in [2.05, 4.69) is 4.18 Å². The van der Waals surface area contributed by atoms with Gasteiger partial charge in [0.25, 0.3) is 10.1 Å². The van der Waals surface area contributed by atoms with Crippen molar-refractivity contribution in [3.05, 3.63) is 27.7 Å². The molecule has 0 saturated heterocycles. The summed E-state index contributed by atoms with van der Waals surface area (Å²) in [6.07, 6.45) is -0.425. The quantitative estimate of drug-likeness (QED) is 0.859. The van der Waals surface area contributed by atoms with Crippen LogP contribution >= 0.6 is 23.2 Å². The number of benzene rings is 1. The van der Waals surface area contributed by atoms with Crippen molar-refractivity contribution in [2.24, 2.45) is 0 Å². The van der Waals surface area contributed by atoms with Crippen LogP contribution in [0.2, 0.25) is 10.0 Å². The van der Waals surface area contributed by atoms with Gasteiger partial charge in [0.05, 0.1) is 18.6 Å². The SMILES string of the molecule is COS(=O)(=O)c1cc(Cl)cc(CC(=O)O)c1Cl. The number of hydrogen-bond donors (Lipinski definition) is 1. The summed E-state index contributed by atoms with van der Waals surface area (Å²) in [6, 6.07) is 2.40. The molecule has 0 heterocycles. The number of carbonyl (C=O) groups is 1. The molecule has 1 aromatic carbocycles. The highest BCUT2D eigenvalue weighted by Crippen LogP contribution is 2.30. The minimum absolute atomic E-state index is 0.0706. The highest BCUT2D eigenvalue weighted by Gasteiger charge is 2.21. The molecular weight excluding hydrogens is 291 g/mol. The summed E-state index contributed by atoms with van der Waals surface area (Å²) < 4.78 is 27.3. The van der Waals surface area contributed by atoms with Crippen LogP contribution in [-0.4, -0.2) is 26.6 Å². The van der Waals surface area contributed by atoms with E-state index in [9.17, 15) is 13.2 Å². The van der Waals surface area contributed by atoms with Gasteiger partial charge in [0.2, 0.25) is 0 Å². The van der Waals surface area contributed by atoms with Crippen LogP contribution in [-0.2, 0) is 25.5 Å². The molecule has 0 aliphatic carbocycles. The summed E-state index contributed by atoms with van der Waals surface area (Å²) in [7, 11) is -3.04. The minimum Gasteiger partial charge on any atom is -0.481 e. The Bertz CT molecular complexity index is 553. The molecule has 0 aliphatic rings. The number of halogens is 2. The Morgan fingerprint density at radius 1 is 1.41 bits per heavy atom. The first kappa shape index (κ1) is 14.2. The molecule has 5 nitrogen and oxygen atoms in total. The van der Waals surface area contributed by atoms with Crippen LogP contribution in [0.1, 0.15) is 5.56 Å². The second-order valence-electron chi connectivity index (χ2n) is 3.07. The normalized spacial score (nSPS) is 11.5. The van der Waals surface area contributed by atoms with Crippen LogP contribution in [0.5, 0.6) is 0 Å². The lowest BCUT2D eigenvalue weighted by molar-refractivity contribution is -0.136. The standard InChI is InChI=1S/C9H8Cl2O5S/c1-16-17(14,15)7-4-6(10)2-5(9(7)11)3-8(12)13/h2,4H,3H2,1H3,(H,12,13). The molecule has 0 atom stereocenters. The molecule has 1 aromatic rings. The average molecular weight is 299 g/mol. The molecule has 0 fully saturated rings. The highest BCUT2D eigenvalue weighted by atomic mass is 35.5. The third-order valence-corrected chi connectivity index (χ3v) is 3.99. The van der Waals surface area contributed by atoms with Gasteiger partial charge in [-0.05, 0) is 17.7 Å². The van der Waals surface area contributed by atoms with Crippen LogP contribution in [0.15, 0.2) is 17.0 Å². The van der Waals surface area contributed by atoms with E-state index in [1.54, 1.807) is 0 Å². The lowest BCUT2D eigenvalue weighted by atomic mass is 10.1. The molecule has 0 saturated carbocycles. The molecule has 1 rings (SSSR count). The minimum atomic E-state index is -4.02. The number of rotatable bonds is 4. The fourth-order valence-electron chi connectivity index (χ4n) is 1.18. The lowest BCUT2D eigenvalue weighted by Crippen LogP contribution is -2.07. The van der Waals surface area contributed by atoms with Crippen LogP contribution in [0, 0.1) is 0 Å². The molecule has 0 amide bonds. The maximum atomic E-state index is 11.5. The Balaban J connectivity index is 3.44. The molecule has 0 aliphatic heterocycles. The first-order valence-electron chi connectivity index (χ1n) is 4.28. The molecule has 94 valence electrons. The van der Waals surface area contributed by atoms with Crippen molar-refractivity contribution in [2.75, 3.05) is 7.11 Å². The number of hydrogen-bond acceptors (Lipinski definition) is 4. The maximum absolute atomic E-state index is 11.5. The van der Waals surface area contributed by atoms with E-state index in [-0.39, 0.29) is 20.5 Å². The molecule has 17 heavy (non-hydrogen) atoms. The van der Waals surface area contributed by atoms with E-state index in [1.807, 2.05) is 0 Å². The average Bonchev–Trinajstić information content (AvgIpc) is 2.22. The van der Waals surface area contributed by atoms with Gasteiger partial charge in [-0.15, -0.1) is 0 Å². The summed E-state index contributed by atoms with van der Waals surface area (Å²) in [6.45, 7) is 0. The summed E-state index contributed by atoms with van der Waals surface area (Å²) in [4.78, 5) is 10.2. The van der Waals surface area contributed by atoms with Gasteiger partial charge < -0.3 is 5.11 Å². The highest BCUT2D eigenvalue weighted by molar-refractivity contribution is 7.86. The zero-order chi connectivity index (χ0) is 13.2. The topological polar surface area (TPSA) is 80.7 Å².